The van der Waals surface area contributed by atoms with Crippen molar-refractivity contribution in [2.24, 2.45) is 5.92 Å². The van der Waals surface area contributed by atoms with E-state index in [2.05, 4.69) is 23.2 Å². The van der Waals surface area contributed by atoms with Crippen LogP contribution in [-0.2, 0) is 0 Å². The van der Waals surface area contributed by atoms with Crippen molar-refractivity contribution in [3.05, 3.63) is 22.7 Å². The van der Waals surface area contributed by atoms with Gasteiger partial charge in [-0.15, -0.1) is 0 Å². The number of ether oxygens (including phenoxy) is 1. The van der Waals surface area contributed by atoms with Crippen LogP contribution in [0.3, 0.4) is 0 Å². The third kappa shape index (κ3) is 2.98. The highest BCUT2D eigenvalue weighted by atomic mass is 35.5. The van der Waals surface area contributed by atoms with E-state index in [1.165, 1.54) is 0 Å². The lowest BCUT2D eigenvalue weighted by atomic mass is 9.93. The number of halogens is 1. The van der Waals surface area contributed by atoms with Crippen molar-refractivity contribution < 1.29 is 4.74 Å². The molecule has 0 aliphatic carbocycles. The Hall–Kier alpha value is -0.930. The highest BCUT2D eigenvalue weighted by Crippen LogP contribution is 2.35. The van der Waals surface area contributed by atoms with Gasteiger partial charge >= 0.3 is 0 Å². The summed E-state index contributed by atoms with van der Waals surface area (Å²) >= 11 is 6.17. The van der Waals surface area contributed by atoms with E-state index in [1.807, 2.05) is 20.0 Å². The third-order valence-electron chi connectivity index (χ3n) is 4.08. The molecular weight excluding hydrogens is 260 g/mol. The molecule has 1 N–H and O–H groups in total. The lowest BCUT2D eigenvalue weighted by molar-refractivity contribution is 0.335. The zero-order valence-corrected chi connectivity index (χ0v) is 12.9. The van der Waals surface area contributed by atoms with Gasteiger partial charge in [0, 0.05) is 30.2 Å². The Morgan fingerprint density at radius 3 is 2.74 bits per heavy atom. The van der Waals surface area contributed by atoms with Crippen LogP contribution >= 0.6 is 11.6 Å². The summed E-state index contributed by atoms with van der Waals surface area (Å²) in [5, 5.41) is 4.16. The van der Waals surface area contributed by atoms with Crippen LogP contribution in [0.25, 0.3) is 0 Å². The molecule has 1 heterocycles. The van der Waals surface area contributed by atoms with Gasteiger partial charge in [-0.05, 0) is 37.9 Å². The first kappa shape index (κ1) is 14.5. The second-order valence-electron chi connectivity index (χ2n) is 5.38. The van der Waals surface area contributed by atoms with Gasteiger partial charge in [-0.3, -0.25) is 0 Å². The van der Waals surface area contributed by atoms with Crippen molar-refractivity contribution >= 4 is 17.3 Å². The Morgan fingerprint density at radius 2 is 2.16 bits per heavy atom. The van der Waals surface area contributed by atoms with Gasteiger partial charge in [0.05, 0.1) is 12.8 Å². The maximum absolute atomic E-state index is 6.17. The summed E-state index contributed by atoms with van der Waals surface area (Å²) in [7, 11) is 3.75. The van der Waals surface area contributed by atoms with Crippen molar-refractivity contribution in [3.8, 4) is 5.75 Å². The van der Waals surface area contributed by atoms with E-state index >= 15 is 0 Å². The van der Waals surface area contributed by atoms with Crippen LogP contribution in [0.5, 0.6) is 5.75 Å². The number of methoxy groups -OCH3 is 1. The molecule has 2 rings (SSSR count). The van der Waals surface area contributed by atoms with Gasteiger partial charge in [0.2, 0.25) is 0 Å². The fourth-order valence-corrected chi connectivity index (χ4v) is 3.01. The van der Waals surface area contributed by atoms with Gasteiger partial charge < -0.3 is 15.0 Å². The van der Waals surface area contributed by atoms with Crippen LogP contribution < -0.4 is 15.0 Å². The molecule has 2 unspecified atom stereocenters. The maximum atomic E-state index is 6.17. The van der Waals surface area contributed by atoms with E-state index in [1.54, 1.807) is 7.11 Å². The minimum Gasteiger partial charge on any atom is -0.495 e. The van der Waals surface area contributed by atoms with E-state index in [0.29, 0.717) is 12.0 Å². The summed E-state index contributed by atoms with van der Waals surface area (Å²) in [5.41, 5.74) is 2.26. The summed E-state index contributed by atoms with van der Waals surface area (Å²) < 4.78 is 5.48. The Bertz CT molecular complexity index is 450. The number of nitrogens with one attached hydrogen (secondary N) is 1. The van der Waals surface area contributed by atoms with E-state index in [-0.39, 0.29) is 0 Å². The van der Waals surface area contributed by atoms with Crippen LogP contribution in [-0.4, -0.2) is 33.3 Å². The molecule has 1 aromatic rings. The number of aryl methyl sites for hydroxylation is 1. The van der Waals surface area contributed by atoms with Crippen LogP contribution in [0.2, 0.25) is 5.02 Å². The van der Waals surface area contributed by atoms with Crippen LogP contribution in [0.4, 0.5) is 5.69 Å². The molecule has 0 saturated carbocycles. The molecule has 1 aromatic carbocycles. The number of anilines is 1. The molecule has 1 aliphatic rings. The number of nitrogens with zero attached hydrogens (tertiary/aromatic N) is 1. The number of hydrogen-bond donors (Lipinski definition) is 1. The van der Waals surface area contributed by atoms with Crippen LogP contribution in [0.1, 0.15) is 18.9 Å². The second-order valence-corrected chi connectivity index (χ2v) is 5.79. The molecule has 0 amide bonds. The monoisotopic (exact) mass is 282 g/mol. The summed E-state index contributed by atoms with van der Waals surface area (Å²) in [6, 6.07) is 4.66. The minimum absolute atomic E-state index is 0.607. The average Bonchev–Trinajstić information content (AvgIpc) is 2.41. The molecular formula is C15H23ClN2O. The van der Waals surface area contributed by atoms with Crippen LogP contribution in [0.15, 0.2) is 12.1 Å². The smallest absolute Gasteiger partial charge is 0.143 e. The van der Waals surface area contributed by atoms with E-state index < -0.39 is 0 Å². The predicted octanol–water partition coefficient (Wildman–Crippen LogP) is 3.09. The topological polar surface area (TPSA) is 24.5 Å². The molecule has 3 nitrogen and oxygen atoms in total. The summed E-state index contributed by atoms with van der Waals surface area (Å²) in [5.74, 6) is 1.49. The largest absolute Gasteiger partial charge is 0.495 e. The van der Waals surface area contributed by atoms with Crippen molar-refractivity contribution in [2.45, 2.75) is 26.3 Å². The first-order valence-corrected chi connectivity index (χ1v) is 7.21. The van der Waals surface area contributed by atoms with Crippen LogP contribution in [0, 0.1) is 12.8 Å². The molecule has 1 fully saturated rings. The SMILES string of the molecule is CNC1CCN(c2cc(C)c(Cl)cc2OC)CC1C. The van der Waals surface area contributed by atoms with Gasteiger partial charge in [0.25, 0.3) is 0 Å². The molecule has 0 spiro atoms. The number of hydrogen-bond acceptors (Lipinski definition) is 3. The first-order chi connectivity index (χ1) is 9.06. The molecule has 0 bridgehead atoms. The van der Waals surface area contributed by atoms with Crippen molar-refractivity contribution in [3.63, 3.8) is 0 Å². The van der Waals surface area contributed by atoms with Gasteiger partial charge in [-0.1, -0.05) is 18.5 Å². The lowest BCUT2D eigenvalue weighted by Gasteiger charge is -2.38. The number of rotatable bonds is 3. The minimum atomic E-state index is 0.607. The predicted molar refractivity (Wildman–Crippen MR) is 81.6 cm³/mol. The average molecular weight is 283 g/mol. The second kappa shape index (κ2) is 6.02. The Kier molecular flexibility index (Phi) is 4.58. The standard InChI is InChI=1S/C15H23ClN2O/c1-10-7-14(15(19-4)8-12(10)16)18-6-5-13(17-3)11(2)9-18/h7-8,11,13,17H,5-6,9H2,1-4H3. The fraction of sp³-hybridized carbons (Fsp3) is 0.600. The molecule has 2 atom stereocenters. The molecule has 1 saturated heterocycles. The van der Waals surface area contributed by atoms with E-state index in [4.69, 9.17) is 16.3 Å². The van der Waals surface area contributed by atoms with Gasteiger partial charge in [0.15, 0.2) is 0 Å². The van der Waals surface area contributed by atoms with E-state index in [0.717, 1.165) is 41.5 Å². The first-order valence-electron chi connectivity index (χ1n) is 6.83. The van der Waals surface area contributed by atoms with Gasteiger partial charge in [-0.2, -0.15) is 0 Å². The summed E-state index contributed by atoms with van der Waals surface area (Å²) in [6.45, 7) is 6.42. The molecule has 1 aliphatic heterocycles. The maximum Gasteiger partial charge on any atom is 0.143 e. The highest BCUT2D eigenvalue weighted by Gasteiger charge is 2.26. The third-order valence-corrected chi connectivity index (χ3v) is 4.48. The summed E-state index contributed by atoms with van der Waals surface area (Å²) in [4.78, 5) is 2.40. The highest BCUT2D eigenvalue weighted by molar-refractivity contribution is 6.31. The molecule has 4 heteroatoms. The Morgan fingerprint density at radius 1 is 1.42 bits per heavy atom. The summed E-state index contributed by atoms with van der Waals surface area (Å²) in [6.07, 6.45) is 1.16. The Balaban J connectivity index is 2.25. The lowest BCUT2D eigenvalue weighted by Crippen LogP contribution is -2.47. The van der Waals surface area contributed by atoms with Crippen molar-refractivity contribution in [1.82, 2.24) is 5.32 Å². The normalized spacial score (nSPS) is 23.5. The number of piperidine rings is 1. The molecule has 106 valence electrons. The van der Waals surface area contributed by atoms with Crippen molar-refractivity contribution in [2.75, 3.05) is 32.1 Å². The Labute approximate surface area is 120 Å². The molecule has 0 aromatic heterocycles. The fourth-order valence-electron chi connectivity index (χ4n) is 2.85. The van der Waals surface area contributed by atoms with E-state index in [9.17, 15) is 0 Å². The van der Waals surface area contributed by atoms with Gasteiger partial charge in [0.1, 0.15) is 5.75 Å². The zero-order chi connectivity index (χ0) is 14.0. The molecule has 19 heavy (non-hydrogen) atoms. The van der Waals surface area contributed by atoms with Gasteiger partial charge in [-0.25, -0.2) is 0 Å². The quantitative estimate of drug-likeness (QED) is 0.922. The van der Waals surface area contributed by atoms with Crippen molar-refractivity contribution in [1.29, 1.82) is 0 Å². The number of benzene rings is 1. The zero-order valence-electron chi connectivity index (χ0n) is 12.2. The molecule has 0 radical (unpaired) electrons.